The molecule has 0 amide bonds. The van der Waals surface area contributed by atoms with Crippen LogP contribution in [0.15, 0.2) is 53.1 Å². The highest BCUT2D eigenvalue weighted by Crippen LogP contribution is 2.26. The third-order valence-electron chi connectivity index (χ3n) is 3.45. The molecule has 0 spiro atoms. The lowest BCUT2D eigenvalue weighted by Gasteiger charge is -2.04. The summed E-state index contributed by atoms with van der Waals surface area (Å²) in [6.45, 7) is 4.33. The van der Waals surface area contributed by atoms with E-state index >= 15 is 0 Å². The van der Waals surface area contributed by atoms with E-state index in [-0.39, 0.29) is 0 Å². The van der Waals surface area contributed by atoms with Crippen molar-refractivity contribution in [2.75, 3.05) is 5.73 Å². The third kappa shape index (κ3) is 2.65. The number of para-hydroxylation sites is 1. The summed E-state index contributed by atoms with van der Waals surface area (Å²) in [6.07, 6.45) is 0. The number of aromatic nitrogens is 2. The van der Waals surface area contributed by atoms with E-state index in [9.17, 15) is 0 Å². The van der Waals surface area contributed by atoms with Crippen LogP contribution in [-0.2, 0) is 0 Å². The molecule has 0 fully saturated rings. The maximum absolute atomic E-state index is 5.93. The molecule has 0 aliphatic heterocycles. The van der Waals surface area contributed by atoms with E-state index in [4.69, 9.17) is 10.3 Å². The zero-order valence-electron chi connectivity index (χ0n) is 12.1. The fourth-order valence-corrected chi connectivity index (χ4v) is 2.16. The Balaban J connectivity index is 1.93. The number of anilines is 1. The lowest BCUT2D eigenvalue weighted by molar-refractivity contribution is 0.432. The Bertz CT molecular complexity index is 745. The zero-order chi connectivity index (χ0) is 14.8. The summed E-state index contributed by atoms with van der Waals surface area (Å²) in [6, 6.07) is 15.7. The van der Waals surface area contributed by atoms with Gasteiger partial charge >= 0.3 is 0 Å². The molecule has 0 aliphatic carbocycles. The monoisotopic (exact) mass is 279 g/mol. The first kappa shape index (κ1) is 13.4. The van der Waals surface area contributed by atoms with Gasteiger partial charge in [-0.25, -0.2) is 0 Å². The first-order chi connectivity index (χ1) is 10.1. The molecule has 106 valence electrons. The van der Waals surface area contributed by atoms with Crippen molar-refractivity contribution in [3.8, 4) is 22.8 Å². The highest BCUT2D eigenvalue weighted by molar-refractivity contribution is 5.72. The summed E-state index contributed by atoms with van der Waals surface area (Å²) < 4.78 is 5.34. The normalized spacial score (nSPS) is 11.0. The van der Waals surface area contributed by atoms with Crippen molar-refractivity contribution in [1.29, 1.82) is 0 Å². The molecule has 0 aliphatic rings. The molecule has 0 saturated heterocycles. The lowest BCUT2D eigenvalue weighted by Crippen LogP contribution is -1.90. The fraction of sp³-hybridized carbons (Fsp3) is 0.176. The lowest BCUT2D eigenvalue weighted by atomic mass is 10.0. The Morgan fingerprint density at radius 1 is 1.00 bits per heavy atom. The smallest absolute Gasteiger partial charge is 0.258 e. The van der Waals surface area contributed by atoms with E-state index in [1.54, 1.807) is 0 Å². The number of benzene rings is 2. The van der Waals surface area contributed by atoms with Gasteiger partial charge in [0.05, 0.1) is 0 Å². The van der Waals surface area contributed by atoms with Crippen LogP contribution >= 0.6 is 0 Å². The highest BCUT2D eigenvalue weighted by Gasteiger charge is 2.12. The van der Waals surface area contributed by atoms with Crippen molar-refractivity contribution < 1.29 is 4.52 Å². The topological polar surface area (TPSA) is 64.9 Å². The van der Waals surface area contributed by atoms with Gasteiger partial charge in [0, 0.05) is 16.8 Å². The van der Waals surface area contributed by atoms with Gasteiger partial charge in [-0.2, -0.15) is 4.98 Å². The standard InChI is InChI=1S/C17H17N3O/c1-11(2)12-7-9-13(10-8-12)17-19-16(20-21-17)14-5-3-4-6-15(14)18/h3-11H,18H2,1-2H3. The van der Waals surface area contributed by atoms with Gasteiger partial charge in [0.1, 0.15) is 0 Å². The van der Waals surface area contributed by atoms with E-state index in [0.717, 1.165) is 11.1 Å². The zero-order valence-corrected chi connectivity index (χ0v) is 12.1. The van der Waals surface area contributed by atoms with Crippen molar-refractivity contribution in [1.82, 2.24) is 10.1 Å². The van der Waals surface area contributed by atoms with Crippen molar-refractivity contribution in [3.05, 3.63) is 54.1 Å². The summed E-state index contributed by atoms with van der Waals surface area (Å²) in [4.78, 5) is 4.43. The molecule has 3 rings (SSSR count). The first-order valence-electron chi connectivity index (χ1n) is 6.94. The molecule has 3 aromatic rings. The van der Waals surface area contributed by atoms with Gasteiger partial charge in [0.2, 0.25) is 5.82 Å². The summed E-state index contributed by atoms with van der Waals surface area (Å²) in [5.41, 5.74) is 9.55. The summed E-state index contributed by atoms with van der Waals surface area (Å²) in [5.74, 6) is 1.51. The highest BCUT2D eigenvalue weighted by atomic mass is 16.5. The Morgan fingerprint density at radius 3 is 2.38 bits per heavy atom. The van der Waals surface area contributed by atoms with Crippen LogP contribution in [0, 0.1) is 0 Å². The molecule has 4 nitrogen and oxygen atoms in total. The van der Waals surface area contributed by atoms with Crippen molar-refractivity contribution >= 4 is 5.69 Å². The molecule has 0 bridgehead atoms. The van der Waals surface area contributed by atoms with Crippen LogP contribution in [0.25, 0.3) is 22.8 Å². The van der Waals surface area contributed by atoms with Crippen LogP contribution in [0.5, 0.6) is 0 Å². The first-order valence-corrected chi connectivity index (χ1v) is 6.94. The second kappa shape index (κ2) is 5.40. The molecule has 21 heavy (non-hydrogen) atoms. The number of nitrogens with two attached hydrogens (primary N) is 1. The fourth-order valence-electron chi connectivity index (χ4n) is 2.16. The molecule has 0 unspecified atom stereocenters. The Labute approximate surface area is 123 Å². The van der Waals surface area contributed by atoms with E-state index in [2.05, 4.69) is 36.1 Å². The van der Waals surface area contributed by atoms with Gasteiger partial charge in [-0.05, 0) is 35.7 Å². The Hall–Kier alpha value is -2.62. The van der Waals surface area contributed by atoms with Crippen LogP contribution < -0.4 is 5.73 Å². The van der Waals surface area contributed by atoms with E-state index in [0.29, 0.717) is 23.3 Å². The quantitative estimate of drug-likeness (QED) is 0.733. The predicted molar refractivity (Wildman–Crippen MR) is 83.7 cm³/mol. The van der Waals surface area contributed by atoms with Crippen LogP contribution in [0.4, 0.5) is 5.69 Å². The van der Waals surface area contributed by atoms with Gasteiger partial charge in [0.15, 0.2) is 0 Å². The predicted octanol–water partition coefficient (Wildman–Crippen LogP) is 4.11. The minimum atomic E-state index is 0.501. The molecule has 1 aromatic heterocycles. The molecular formula is C17H17N3O. The second-order valence-electron chi connectivity index (χ2n) is 5.29. The number of hydrogen-bond acceptors (Lipinski definition) is 4. The Morgan fingerprint density at radius 2 is 1.71 bits per heavy atom. The number of nitrogen functional groups attached to an aromatic ring is 1. The average Bonchev–Trinajstić information content (AvgIpc) is 2.97. The van der Waals surface area contributed by atoms with E-state index < -0.39 is 0 Å². The number of hydrogen-bond donors (Lipinski definition) is 1. The maximum atomic E-state index is 5.93. The van der Waals surface area contributed by atoms with Crippen molar-refractivity contribution in [2.24, 2.45) is 0 Å². The minimum Gasteiger partial charge on any atom is -0.398 e. The summed E-state index contributed by atoms with van der Waals surface area (Å²) in [7, 11) is 0. The number of nitrogens with zero attached hydrogens (tertiary/aromatic N) is 2. The number of rotatable bonds is 3. The average molecular weight is 279 g/mol. The SMILES string of the molecule is CC(C)c1ccc(-c2nc(-c3ccccc3N)no2)cc1. The molecule has 2 aromatic carbocycles. The molecule has 2 N–H and O–H groups in total. The maximum Gasteiger partial charge on any atom is 0.258 e. The minimum absolute atomic E-state index is 0.501. The molecule has 1 heterocycles. The summed E-state index contributed by atoms with van der Waals surface area (Å²) in [5, 5.41) is 4.02. The van der Waals surface area contributed by atoms with Gasteiger partial charge < -0.3 is 10.3 Å². The molecule has 0 atom stereocenters. The van der Waals surface area contributed by atoms with Gasteiger partial charge in [-0.15, -0.1) is 0 Å². The molecule has 0 saturated carbocycles. The van der Waals surface area contributed by atoms with Crippen molar-refractivity contribution in [2.45, 2.75) is 19.8 Å². The second-order valence-corrected chi connectivity index (χ2v) is 5.29. The summed E-state index contributed by atoms with van der Waals surface area (Å²) >= 11 is 0. The van der Waals surface area contributed by atoms with E-state index in [1.807, 2.05) is 36.4 Å². The van der Waals surface area contributed by atoms with Crippen LogP contribution in [0.3, 0.4) is 0 Å². The van der Waals surface area contributed by atoms with Crippen LogP contribution in [-0.4, -0.2) is 10.1 Å². The largest absolute Gasteiger partial charge is 0.398 e. The van der Waals surface area contributed by atoms with E-state index in [1.165, 1.54) is 5.56 Å². The van der Waals surface area contributed by atoms with Gasteiger partial charge in [0.25, 0.3) is 5.89 Å². The van der Waals surface area contributed by atoms with Crippen LogP contribution in [0.1, 0.15) is 25.3 Å². The van der Waals surface area contributed by atoms with Crippen LogP contribution in [0.2, 0.25) is 0 Å². The van der Waals surface area contributed by atoms with Gasteiger partial charge in [-0.1, -0.05) is 43.3 Å². The van der Waals surface area contributed by atoms with Gasteiger partial charge in [-0.3, -0.25) is 0 Å². The third-order valence-corrected chi connectivity index (χ3v) is 3.45. The Kier molecular flexibility index (Phi) is 3.44. The molecular weight excluding hydrogens is 262 g/mol. The van der Waals surface area contributed by atoms with Crippen molar-refractivity contribution in [3.63, 3.8) is 0 Å². The molecule has 0 radical (unpaired) electrons. The molecule has 4 heteroatoms.